The minimum atomic E-state index is -0.447. The predicted octanol–water partition coefficient (Wildman–Crippen LogP) is 1.16. The first-order valence-electron chi connectivity index (χ1n) is 4.18. The molecule has 12 heavy (non-hydrogen) atoms. The molecule has 0 radical (unpaired) electrons. The number of halogens is 1. The van der Waals surface area contributed by atoms with E-state index in [0.29, 0.717) is 13.2 Å². The molecule has 1 amide bonds. The summed E-state index contributed by atoms with van der Waals surface area (Å²) in [5.41, 5.74) is 0. The molecule has 0 aliphatic heterocycles. The molecule has 1 N–H and O–H groups in total. The molecule has 0 bridgehead atoms. The molecule has 0 rings (SSSR count). The fourth-order valence-corrected chi connectivity index (χ4v) is 0.748. The highest BCUT2D eigenvalue weighted by Crippen LogP contribution is 1.92. The zero-order valence-electron chi connectivity index (χ0n) is 7.60. The van der Waals surface area contributed by atoms with Gasteiger partial charge in [-0.05, 0) is 20.3 Å². The molecule has 0 saturated carbocycles. The summed E-state index contributed by atoms with van der Waals surface area (Å²) in [6.07, 6.45) is 0.836. The minimum Gasteiger partial charge on any atom is -0.382 e. The molecule has 0 fully saturated rings. The first kappa shape index (κ1) is 11.7. The van der Waals surface area contributed by atoms with Gasteiger partial charge >= 0.3 is 0 Å². The van der Waals surface area contributed by atoms with Crippen molar-refractivity contribution in [3.05, 3.63) is 0 Å². The van der Waals surface area contributed by atoms with E-state index in [2.05, 4.69) is 5.32 Å². The van der Waals surface area contributed by atoms with Gasteiger partial charge in [-0.15, -0.1) is 11.6 Å². The van der Waals surface area contributed by atoms with Crippen molar-refractivity contribution in [2.24, 2.45) is 0 Å². The topological polar surface area (TPSA) is 38.3 Å². The van der Waals surface area contributed by atoms with E-state index in [9.17, 15) is 4.79 Å². The second-order valence-electron chi connectivity index (χ2n) is 2.46. The number of ether oxygens (including phenoxy) is 1. The van der Waals surface area contributed by atoms with Crippen molar-refractivity contribution in [2.45, 2.75) is 25.6 Å². The van der Waals surface area contributed by atoms with Crippen molar-refractivity contribution in [3.8, 4) is 0 Å². The highest BCUT2D eigenvalue weighted by Gasteiger charge is 2.06. The molecule has 1 unspecified atom stereocenters. The van der Waals surface area contributed by atoms with Gasteiger partial charge in [0.2, 0.25) is 5.91 Å². The SMILES string of the molecule is CCOCCCNC(=O)C(C)Cl. The van der Waals surface area contributed by atoms with Gasteiger partial charge in [-0.2, -0.15) is 0 Å². The Hall–Kier alpha value is -0.280. The van der Waals surface area contributed by atoms with E-state index in [0.717, 1.165) is 13.0 Å². The number of hydrogen-bond donors (Lipinski definition) is 1. The van der Waals surface area contributed by atoms with Crippen molar-refractivity contribution in [1.29, 1.82) is 0 Å². The molecule has 3 nitrogen and oxygen atoms in total. The average molecular weight is 194 g/mol. The second-order valence-corrected chi connectivity index (χ2v) is 3.11. The summed E-state index contributed by atoms with van der Waals surface area (Å²) in [6, 6.07) is 0. The molecular weight excluding hydrogens is 178 g/mol. The van der Waals surface area contributed by atoms with E-state index < -0.39 is 5.38 Å². The summed E-state index contributed by atoms with van der Waals surface area (Å²) in [5, 5.41) is 2.24. The molecule has 0 heterocycles. The monoisotopic (exact) mass is 193 g/mol. The van der Waals surface area contributed by atoms with Crippen LogP contribution in [0.25, 0.3) is 0 Å². The van der Waals surface area contributed by atoms with Gasteiger partial charge in [0.25, 0.3) is 0 Å². The quantitative estimate of drug-likeness (QED) is 0.508. The Kier molecular flexibility index (Phi) is 7.20. The van der Waals surface area contributed by atoms with Gasteiger partial charge in [0.1, 0.15) is 5.38 Å². The molecule has 0 aliphatic rings. The van der Waals surface area contributed by atoms with Gasteiger partial charge in [-0.25, -0.2) is 0 Å². The Morgan fingerprint density at radius 1 is 1.67 bits per heavy atom. The highest BCUT2D eigenvalue weighted by molar-refractivity contribution is 6.30. The summed E-state index contributed by atoms with van der Waals surface area (Å²) in [4.78, 5) is 10.9. The van der Waals surface area contributed by atoms with Crippen molar-refractivity contribution < 1.29 is 9.53 Å². The van der Waals surface area contributed by atoms with Crippen LogP contribution in [0.15, 0.2) is 0 Å². The lowest BCUT2D eigenvalue weighted by atomic mass is 10.4. The van der Waals surface area contributed by atoms with Gasteiger partial charge in [0.05, 0.1) is 0 Å². The summed E-state index contributed by atoms with van der Waals surface area (Å²) in [6.45, 7) is 5.64. The number of carbonyl (C=O) groups excluding carboxylic acids is 1. The molecule has 0 aromatic carbocycles. The summed E-state index contributed by atoms with van der Waals surface area (Å²) < 4.78 is 5.09. The predicted molar refractivity (Wildman–Crippen MR) is 49.4 cm³/mol. The third-order valence-electron chi connectivity index (χ3n) is 1.33. The normalized spacial score (nSPS) is 12.6. The van der Waals surface area contributed by atoms with Crippen molar-refractivity contribution in [1.82, 2.24) is 5.32 Å². The van der Waals surface area contributed by atoms with Gasteiger partial charge < -0.3 is 10.1 Å². The summed E-state index contributed by atoms with van der Waals surface area (Å²) in [7, 11) is 0. The average Bonchev–Trinajstić information content (AvgIpc) is 2.03. The van der Waals surface area contributed by atoms with Crippen LogP contribution in [-0.2, 0) is 9.53 Å². The smallest absolute Gasteiger partial charge is 0.237 e. The number of amides is 1. The lowest BCUT2D eigenvalue weighted by molar-refractivity contribution is -0.120. The number of hydrogen-bond acceptors (Lipinski definition) is 2. The molecule has 0 spiro atoms. The Bertz CT molecular complexity index is 128. The Morgan fingerprint density at radius 2 is 2.33 bits per heavy atom. The number of rotatable bonds is 6. The van der Waals surface area contributed by atoms with Crippen LogP contribution in [0.1, 0.15) is 20.3 Å². The van der Waals surface area contributed by atoms with E-state index >= 15 is 0 Å². The Balaban J connectivity index is 3.14. The first-order valence-corrected chi connectivity index (χ1v) is 4.61. The van der Waals surface area contributed by atoms with E-state index in [1.165, 1.54) is 0 Å². The lowest BCUT2D eigenvalue weighted by Crippen LogP contribution is -2.30. The van der Waals surface area contributed by atoms with Crippen molar-refractivity contribution >= 4 is 17.5 Å². The molecule has 0 aromatic heterocycles. The molecule has 0 aliphatic carbocycles. The van der Waals surface area contributed by atoms with Gasteiger partial charge in [0, 0.05) is 19.8 Å². The maximum Gasteiger partial charge on any atom is 0.237 e. The van der Waals surface area contributed by atoms with E-state index in [4.69, 9.17) is 16.3 Å². The van der Waals surface area contributed by atoms with Gasteiger partial charge in [-0.3, -0.25) is 4.79 Å². The molecule has 0 saturated heterocycles. The number of carbonyl (C=O) groups is 1. The van der Waals surface area contributed by atoms with Crippen LogP contribution in [0.4, 0.5) is 0 Å². The largest absolute Gasteiger partial charge is 0.382 e. The van der Waals surface area contributed by atoms with Crippen LogP contribution in [-0.4, -0.2) is 31.0 Å². The summed E-state index contributed by atoms with van der Waals surface area (Å²) >= 11 is 5.53. The summed E-state index contributed by atoms with van der Waals surface area (Å²) in [5.74, 6) is -0.117. The second kappa shape index (κ2) is 7.37. The Morgan fingerprint density at radius 3 is 2.83 bits per heavy atom. The van der Waals surface area contributed by atoms with Crippen LogP contribution in [0.5, 0.6) is 0 Å². The zero-order chi connectivity index (χ0) is 9.40. The fourth-order valence-electron chi connectivity index (χ4n) is 0.671. The van der Waals surface area contributed by atoms with Gasteiger partial charge in [0.15, 0.2) is 0 Å². The first-order chi connectivity index (χ1) is 5.68. The van der Waals surface area contributed by atoms with Crippen LogP contribution in [0, 0.1) is 0 Å². The Labute approximate surface area is 78.4 Å². The molecular formula is C8H16ClNO2. The van der Waals surface area contributed by atoms with E-state index in [1.54, 1.807) is 6.92 Å². The third-order valence-corrected chi connectivity index (χ3v) is 1.53. The van der Waals surface area contributed by atoms with Crippen LogP contribution >= 0.6 is 11.6 Å². The molecule has 72 valence electrons. The van der Waals surface area contributed by atoms with Crippen LogP contribution in [0.2, 0.25) is 0 Å². The van der Waals surface area contributed by atoms with Crippen LogP contribution < -0.4 is 5.32 Å². The zero-order valence-corrected chi connectivity index (χ0v) is 8.36. The highest BCUT2D eigenvalue weighted by atomic mass is 35.5. The van der Waals surface area contributed by atoms with Crippen LogP contribution in [0.3, 0.4) is 0 Å². The minimum absolute atomic E-state index is 0.117. The van der Waals surface area contributed by atoms with E-state index in [1.807, 2.05) is 6.92 Å². The maximum absolute atomic E-state index is 10.9. The van der Waals surface area contributed by atoms with Crippen molar-refractivity contribution in [2.75, 3.05) is 19.8 Å². The fraction of sp³-hybridized carbons (Fsp3) is 0.875. The van der Waals surface area contributed by atoms with Gasteiger partial charge in [-0.1, -0.05) is 0 Å². The number of nitrogens with one attached hydrogen (secondary N) is 1. The van der Waals surface area contributed by atoms with E-state index in [-0.39, 0.29) is 5.91 Å². The third kappa shape index (κ3) is 6.43. The maximum atomic E-state index is 10.9. The molecule has 1 atom stereocenters. The standard InChI is InChI=1S/C8H16ClNO2/c1-3-12-6-4-5-10-8(11)7(2)9/h7H,3-6H2,1-2H3,(H,10,11). The number of alkyl halides is 1. The lowest BCUT2D eigenvalue weighted by Gasteiger charge is -2.05. The molecule has 4 heteroatoms. The molecule has 0 aromatic rings. The van der Waals surface area contributed by atoms with Crippen molar-refractivity contribution in [3.63, 3.8) is 0 Å².